The van der Waals surface area contributed by atoms with Gasteiger partial charge in [-0.1, -0.05) is 32.8 Å². The summed E-state index contributed by atoms with van der Waals surface area (Å²) in [6, 6.07) is 7.08. The number of amides is 1. The van der Waals surface area contributed by atoms with E-state index in [1.165, 1.54) is 6.07 Å². The van der Waals surface area contributed by atoms with Crippen LogP contribution < -0.4 is 24.4 Å². The fourth-order valence-corrected chi connectivity index (χ4v) is 8.80. The second kappa shape index (κ2) is 14.8. The highest BCUT2D eigenvalue weighted by molar-refractivity contribution is 5.95. The number of nitrogens with one attached hydrogen (secondary N) is 1. The summed E-state index contributed by atoms with van der Waals surface area (Å²) in [6.07, 6.45) is 12.2. The zero-order valence-electron chi connectivity index (χ0n) is 34.1. The highest BCUT2D eigenvalue weighted by Gasteiger charge is 2.52. The third-order valence-corrected chi connectivity index (χ3v) is 12.1. The van der Waals surface area contributed by atoms with E-state index in [9.17, 15) is 4.79 Å². The zero-order chi connectivity index (χ0) is 40.3. The molecular weight excluding hydrogens is 730 g/mol. The van der Waals surface area contributed by atoms with E-state index in [0.29, 0.717) is 34.5 Å². The number of terminal acetylenes is 1. The van der Waals surface area contributed by atoms with Crippen molar-refractivity contribution < 1.29 is 32.9 Å². The Balaban J connectivity index is 1.24. The summed E-state index contributed by atoms with van der Waals surface area (Å²) in [4.78, 5) is 32.4. The van der Waals surface area contributed by atoms with Gasteiger partial charge in [0.05, 0.1) is 11.6 Å². The van der Waals surface area contributed by atoms with E-state index in [-0.39, 0.29) is 66.2 Å². The summed E-state index contributed by atoms with van der Waals surface area (Å²) < 4.78 is 47.3. The molecule has 8 rings (SSSR count). The Kier molecular flexibility index (Phi) is 10.1. The first kappa shape index (κ1) is 39.0. The van der Waals surface area contributed by atoms with Gasteiger partial charge in [0.2, 0.25) is 0 Å². The van der Waals surface area contributed by atoms with Gasteiger partial charge < -0.3 is 38.8 Å². The highest BCUT2D eigenvalue weighted by atomic mass is 19.1. The Morgan fingerprint density at radius 3 is 2.56 bits per heavy atom. The van der Waals surface area contributed by atoms with Gasteiger partial charge in [-0.3, -0.25) is 4.57 Å². The molecule has 1 aliphatic carbocycles. The minimum Gasteiger partial charge on any atom is -0.467 e. The summed E-state index contributed by atoms with van der Waals surface area (Å²) in [6.45, 7) is 14.8. The van der Waals surface area contributed by atoms with Gasteiger partial charge in [0, 0.05) is 55.8 Å². The lowest BCUT2D eigenvalue weighted by Crippen LogP contribution is -2.65. The molecule has 2 aromatic carbocycles. The molecule has 1 saturated carbocycles. The molecule has 2 bridgehead atoms. The van der Waals surface area contributed by atoms with Crippen LogP contribution in [0.25, 0.3) is 21.9 Å². The SMILES string of the molecule is C#Cc1c(F)ccc2cc(OCOC)cc(Oc3nc4nc(OC[C@@H]5CCCN5C(=O)OC(C)(C)C)nc(N5CC6CCC(C(C)(C)C)(C5)N6)c4n3C3CCC3)c12. The van der Waals surface area contributed by atoms with Gasteiger partial charge in [-0.05, 0) is 88.7 Å². The van der Waals surface area contributed by atoms with E-state index in [1.54, 1.807) is 30.2 Å². The summed E-state index contributed by atoms with van der Waals surface area (Å²) in [5, 5.41) is 5.05. The van der Waals surface area contributed by atoms with Gasteiger partial charge >= 0.3 is 18.1 Å². The van der Waals surface area contributed by atoms with Crippen molar-refractivity contribution in [3.8, 4) is 35.9 Å². The van der Waals surface area contributed by atoms with Crippen LogP contribution in [-0.4, -0.2) is 93.9 Å². The largest absolute Gasteiger partial charge is 0.467 e. The summed E-state index contributed by atoms with van der Waals surface area (Å²) >= 11 is 0. The molecule has 13 nitrogen and oxygen atoms in total. The van der Waals surface area contributed by atoms with E-state index in [4.69, 9.17) is 45.1 Å². The molecule has 5 heterocycles. The number of ether oxygens (including phenoxy) is 5. The first-order valence-corrected chi connectivity index (χ1v) is 20.1. The number of carbonyl (C=O) groups excluding carboxylic acids is 1. The van der Waals surface area contributed by atoms with Crippen molar-refractivity contribution in [1.29, 1.82) is 0 Å². The molecule has 2 aromatic heterocycles. The molecule has 1 amide bonds. The smallest absolute Gasteiger partial charge is 0.410 e. The lowest BCUT2D eigenvalue weighted by Gasteiger charge is -2.49. The predicted octanol–water partition coefficient (Wildman–Crippen LogP) is 7.74. The molecule has 0 spiro atoms. The molecule has 4 aliphatic rings. The number of methoxy groups -OCH3 is 1. The van der Waals surface area contributed by atoms with Crippen LogP contribution in [0.4, 0.5) is 15.0 Å². The number of likely N-dealkylation sites (tertiary alicyclic amines) is 1. The Bertz CT molecular complexity index is 2220. The van der Waals surface area contributed by atoms with Crippen molar-refractivity contribution in [3.05, 3.63) is 35.6 Å². The number of imidazole rings is 1. The van der Waals surface area contributed by atoms with Crippen LogP contribution in [-0.2, 0) is 9.47 Å². The number of carbonyl (C=O) groups is 1. The number of nitrogens with zero attached hydrogens (tertiary/aromatic N) is 6. The van der Waals surface area contributed by atoms with Crippen LogP contribution in [0.5, 0.6) is 23.5 Å². The molecule has 57 heavy (non-hydrogen) atoms. The minimum atomic E-state index is -0.610. The van der Waals surface area contributed by atoms with E-state index in [1.807, 2.05) is 20.8 Å². The second-order valence-electron chi connectivity index (χ2n) is 18.0. The van der Waals surface area contributed by atoms with Crippen molar-refractivity contribution in [2.24, 2.45) is 5.41 Å². The molecule has 14 heteroatoms. The predicted molar refractivity (Wildman–Crippen MR) is 215 cm³/mol. The number of hydrogen-bond acceptors (Lipinski definition) is 11. The Labute approximate surface area is 333 Å². The number of halogens is 1. The lowest BCUT2D eigenvalue weighted by atomic mass is 9.72. The van der Waals surface area contributed by atoms with Gasteiger partial charge in [0.1, 0.15) is 35.0 Å². The summed E-state index contributed by atoms with van der Waals surface area (Å²) in [7, 11) is 1.54. The third kappa shape index (κ3) is 7.40. The maximum atomic E-state index is 15.3. The van der Waals surface area contributed by atoms with E-state index in [2.05, 4.69) is 41.5 Å². The molecule has 4 fully saturated rings. The lowest BCUT2D eigenvalue weighted by molar-refractivity contribution is 0.0184. The number of piperazine rings is 1. The van der Waals surface area contributed by atoms with Crippen LogP contribution in [0.1, 0.15) is 98.1 Å². The van der Waals surface area contributed by atoms with Crippen molar-refractivity contribution in [3.63, 3.8) is 0 Å². The topological polar surface area (TPSA) is 125 Å². The first-order chi connectivity index (χ1) is 27.2. The van der Waals surface area contributed by atoms with Crippen LogP contribution in [0.2, 0.25) is 0 Å². The van der Waals surface area contributed by atoms with Crippen molar-refractivity contribution in [1.82, 2.24) is 29.7 Å². The normalized spacial score (nSPS) is 22.5. The average Bonchev–Trinajstić information content (AvgIpc) is 3.83. The van der Waals surface area contributed by atoms with Crippen molar-refractivity contribution >= 4 is 33.8 Å². The van der Waals surface area contributed by atoms with E-state index >= 15 is 4.39 Å². The van der Waals surface area contributed by atoms with Gasteiger partial charge in [-0.25, -0.2) is 9.18 Å². The van der Waals surface area contributed by atoms with Crippen molar-refractivity contribution in [2.75, 3.05) is 45.0 Å². The number of aromatic nitrogens is 4. The fraction of sp³-hybridized carbons (Fsp3) is 0.581. The number of benzene rings is 2. The molecule has 2 unspecified atom stereocenters. The highest BCUT2D eigenvalue weighted by Crippen LogP contribution is 2.47. The molecule has 4 aromatic rings. The number of fused-ring (bicyclic) bond motifs is 4. The fourth-order valence-electron chi connectivity index (χ4n) is 8.80. The molecule has 3 saturated heterocycles. The molecule has 0 radical (unpaired) electrons. The Morgan fingerprint density at radius 1 is 1.05 bits per heavy atom. The molecular formula is C43H54FN7O6. The van der Waals surface area contributed by atoms with E-state index in [0.717, 1.165) is 69.4 Å². The second-order valence-corrected chi connectivity index (χ2v) is 18.0. The van der Waals surface area contributed by atoms with Gasteiger partial charge in [0.15, 0.2) is 18.3 Å². The molecule has 1 N–H and O–H groups in total. The van der Waals surface area contributed by atoms with Crippen LogP contribution in [0, 0.1) is 23.6 Å². The van der Waals surface area contributed by atoms with Gasteiger partial charge in [0.25, 0.3) is 0 Å². The van der Waals surface area contributed by atoms with Crippen LogP contribution >= 0.6 is 0 Å². The van der Waals surface area contributed by atoms with E-state index < -0.39 is 11.4 Å². The van der Waals surface area contributed by atoms with Gasteiger partial charge in [-0.15, -0.1) is 6.42 Å². The number of anilines is 1. The van der Waals surface area contributed by atoms with Gasteiger partial charge in [-0.2, -0.15) is 15.0 Å². The maximum absolute atomic E-state index is 15.3. The summed E-state index contributed by atoms with van der Waals surface area (Å²) in [5.41, 5.74) is 0.485. The van der Waals surface area contributed by atoms with Crippen LogP contribution in [0.3, 0.4) is 0 Å². The third-order valence-electron chi connectivity index (χ3n) is 12.1. The Hall–Kier alpha value is -4.87. The zero-order valence-corrected chi connectivity index (χ0v) is 34.1. The minimum absolute atomic E-state index is 0.00852. The maximum Gasteiger partial charge on any atom is 0.410 e. The monoisotopic (exact) mass is 783 g/mol. The molecule has 3 atom stereocenters. The standard InChI is InChI=1S/C43H54FN7O6/c1-9-31-32(44)16-15-26-20-30(55-25-53-8)21-33(34(26)31)56-39-46-36-35(51(39)28-12-10-13-28)37(49-22-27-17-18-43(24-49,48-27)41(2,3)4)47-38(45-36)54-23-29-14-11-19-50(29)40(52)57-42(5,6)7/h1,15-16,20-21,27-29,48H,10-14,17-19,22-25H2,2-8H3/t27?,29-,43?/m0/s1. The Morgan fingerprint density at radius 2 is 1.86 bits per heavy atom. The van der Waals surface area contributed by atoms with Crippen LogP contribution in [0.15, 0.2) is 24.3 Å². The summed E-state index contributed by atoms with van der Waals surface area (Å²) in [5.74, 6) is 3.48. The van der Waals surface area contributed by atoms with Crippen molar-refractivity contribution in [2.45, 2.75) is 116 Å². The number of rotatable bonds is 10. The molecule has 304 valence electrons. The quantitative estimate of drug-likeness (QED) is 0.126. The first-order valence-electron chi connectivity index (χ1n) is 20.1. The molecule has 3 aliphatic heterocycles. The average molecular weight is 784 g/mol. The number of hydrogen-bond donors (Lipinski definition) is 1.